The van der Waals surface area contributed by atoms with Crippen LogP contribution in [-0.2, 0) is 9.53 Å². The lowest BCUT2D eigenvalue weighted by molar-refractivity contribution is -0.121. The first-order chi connectivity index (χ1) is 8.24. The van der Waals surface area contributed by atoms with Crippen LogP contribution in [0.15, 0.2) is 0 Å². The molecule has 1 aliphatic rings. The number of nitrogens with one attached hydrogen (secondary N) is 2. The number of hydrogen-bond acceptors (Lipinski definition) is 3. The summed E-state index contributed by atoms with van der Waals surface area (Å²) < 4.78 is 4.88. The van der Waals surface area contributed by atoms with Gasteiger partial charge in [0, 0.05) is 32.7 Å². The molecule has 0 aromatic rings. The zero-order valence-electron chi connectivity index (χ0n) is 11.1. The van der Waals surface area contributed by atoms with Crippen LogP contribution in [0, 0.1) is 5.92 Å². The number of hydrogen-bond donors (Lipinski definition) is 2. The molecule has 2 atom stereocenters. The van der Waals surface area contributed by atoms with E-state index in [-0.39, 0.29) is 5.91 Å². The number of methoxy groups -OCH3 is 1. The van der Waals surface area contributed by atoms with E-state index in [1.807, 2.05) is 0 Å². The van der Waals surface area contributed by atoms with Crippen LogP contribution in [0.3, 0.4) is 0 Å². The average molecular weight is 242 g/mol. The number of carbonyl (C=O) groups is 1. The number of amides is 1. The Hall–Kier alpha value is -0.610. The molecule has 100 valence electrons. The summed E-state index contributed by atoms with van der Waals surface area (Å²) in [6, 6.07) is 0.607. The Morgan fingerprint density at radius 1 is 1.29 bits per heavy atom. The van der Waals surface area contributed by atoms with Crippen LogP contribution in [0.2, 0.25) is 0 Å². The van der Waals surface area contributed by atoms with E-state index in [0.29, 0.717) is 25.6 Å². The van der Waals surface area contributed by atoms with Crippen LogP contribution in [0.1, 0.15) is 39.0 Å². The minimum atomic E-state index is 0.109. The molecule has 0 saturated heterocycles. The monoisotopic (exact) mass is 242 g/mol. The first-order valence-electron chi connectivity index (χ1n) is 6.73. The second-order valence-electron chi connectivity index (χ2n) is 4.92. The van der Waals surface area contributed by atoms with E-state index >= 15 is 0 Å². The highest BCUT2D eigenvalue weighted by molar-refractivity contribution is 5.76. The van der Waals surface area contributed by atoms with Crippen molar-refractivity contribution in [3.8, 4) is 0 Å². The van der Waals surface area contributed by atoms with Crippen LogP contribution in [0.4, 0.5) is 0 Å². The molecule has 17 heavy (non-hydrogen) atoms. The molecule has 0 bridgehead atoms. The maximum atomic E-state index is 11.4. The zero-order valence-corrected chi connectivity index (χ0v) is 11.1. The molecule has 0 aromatic carbocycles. The largest absolute Gasteiger partial charge is 0.383 e. The summed E-state index contributed by atoms with van der Waals surface area (Å²) in [5.41, 5.74) is 0. The van der Waals surface area contributed by atoms with Crippen molar-refractivity contribution in [1.82, 2.24) is 10.6 Å². The molecule has 1 amide bonds. The second-order valence-corrected chi connectivity index (χ2v) is 4.92. The van der Waals surface area contributed by atoms with E-state index in [9.17, 15) is 4.79 Å². The lowest BCUT2D eigenvalue weighted by Gasteiger charge is -2.29. The molecular weight excluding hydrogens is 216 g/mol. The summed E-state index contributed by atoms with van der Waals surface area (Å²) in [6.07, 6.45) is 5.82. The SMILES string of the molecule is COCCNC(=O)CCNC1CCCCC1C. The molecule has 4 nitrogen and oxygen atoms in total. The third-order valence-corrected chi connectivity index (χ3v) is 3.50. The van der Waals surface area contributed by atoms with E-state index in [2.05, 4.69) is 17.6 Å². The Morgan fingerprint density at radius 3 is 2.76 bits per heavy atom. The van der Waals surface area contributed by atoms with Crippen molar-refractivity contribution < 1.29 is 9.53 Å². The van der Waals surface area contributed by atoms with Crippen molar-refractivity contribution in [2.24, 2.45) is 5.92 Å². The van der Waals surface area contributed by atoms with Crippen molar-refractivity contribution in [2.45, 2.75) is 45.1 Å². The van der Waals surface area contributed by atoms with Gasteiger partial charge < -0.3 is 15.4 Å². The first kappa shape index (κ1) is 14.5. The van der Waals surface area contributed by atoms with Crippen molar-refractivity contribution in [1.29, 1.82) is 0 Å². The molecule has 2 N–H and O–H groups in total. The molecule has 0 aromatic heterocycles. The van der Waals surface area contributed by atoms with Crippen molar-refractivity contribution in [3.05, 3.63) is 0 Å². The van der Waals surface area contributed by atoms with Gasteiger partial charge in [0.1, 0.15) is 0 Å². The molecule has 0 heterocycles. The molecule has 2 unspecified atom stereocenters. The van der Waals surface area contributed by atoms with Gasteiger partial charge in [-0.3, -0.25) is 4.79 Å². The molecule has 0 radical (unpaired) electrons. The number of carbonyl (C=O) groups excluding carboxylic acids is 1. The average Bonchev–Trinajstić information content (AvgIpc) is 2.32. The Balaban J connectivity index is 2.04. The maximum absolute atomic E-state index is 11.4. The fourth-order valence-corrected chi connectivity index (χ4v) is 2.37. The highest BCUT2D eigenvalue weighted by Crippen LogP contribution is 2.23. The normalized spacial score (nSPS) is 24.6. The molecule has 0 spiro atoms. The standard InChI is InChI=1S/C13H26N2O2/c1-11-5-3-4-6-12(11)14-8-7-13(16)15-9-10-17-2/h11-12,14H,3-10H2,1-2H3,(H,15,16). The first-order valence-corrected chi connectivity index (χ1v) is 6.73. The Labute approximate surface area is 104 Å². The van der Waals surface area contributed by atoms with Gasteiger partial charge in [-0.2, -0.15) is 0 Å². The van der Waals surface area contributed by atoms with Crippen molar-refractivity contribution >= 4 is 5.91 Å². The molecule has 1 aliphatic carbocycles. The summed E-state index contributed by atoms with van der Waals surface area (Å²) >= 11 is 0. The van der Waals surface area contributed by atoms with Crippen LogP contribution in [-0.4, -0.2) is 38.8 Å². The lowest BCUT2D eigenvalue weighted by Crippen LogP contribution is -2.39. The Morgan fingerprint density at radius 2 is 2.06 bits per heavy atom. The molecule has 4 heteroatoms. The van der Waals surface area contributed by atoms with E-state index in [1.54, 1.807) is 7.11 Å². The highest BCUT2D eigenvalue weighted by atomic mass is 16.5. The third kappa shape index (κ3) is 6.03. The number of rotatable bonds is 7. The molecule has 1 saturated carbocycles. The topological polar surface area (TPSA) is 50.4 Å². The van der Waals surface area contributed by atoms with E-state index < -0.39 is 0 Å². The van der Waals surface area contributed by atoms with Gasteiger partial charge in [-0.05, 0) is 18.8 Å². The van der Waals surface area contributed by atoms with Gasteiger partial charge in [0.05, 0.1) is 6.61 Å². The van der Waals surface area contributed by atoms with Gasteiger partial charge in [-0.1, -0.05) is 19.8 Å². The van der Waals surface area contributed by atoms with Gasteiger partial charge in [0.15, 0.2) is 0 Å². The quantitative estimate of drug-likeness (QED) is 0.662. The van der Waals surface area contributed by atoms with Gasteiger partial charge in [-0.15, -0.1) is 0 Å². The predicted molar refractivity (Wildman–Crippen MR) is 68.9 cm³/mol. The molecule has 0 aliphatic heterocycles. The summed E-state index contributed by atoms with van der Waals surface area (Å²) in [6.45, 7) is 4.28. The van der Waals surface area contributed by atoms with Crippen LogP contribution >= 0.6 is 0 Å². The lowest BCUT2D eigenvalue weighted by atomic mass is 9.86. The van der Waals surface area contributed by atoms with Crippen LogP contribution in [0.25, 0.3) is 0 Å². The van der Waals surface area contributed by atoms with Crippen molar-refractivity contribution in [3.63, 3.8) is 0 Å². The summed E-state index contributed by atoms with van der Waals surface area (Å²) in [5, 5.41) is 6.33. The Kier molecular flexibility index (Phi) is 7.21. The fraction of sp³-hybridized carbons (Fsp3) is 0.923. The van der Waals surface area contributed by atoms with E-state index in [4.69, 9.17) is 4.74 Å². The summed E-state index contributed by atoms with van der Waals surface area (Å²) in [7, 11) is 1.64. The number of ether oxygens (including phenoxy) is 1. The van der Waals surface area contributed by atoms with E-state index in [0.717, 1.165) is 12.5 Å². The second kappa shape index (κ2) is 8.48. The van der Waals surface area contributed by atoms with E-state index in [1.165, 1.54) is 25.7 Å². The fourth-order valence-electron chi connectivity index (χ4n) is 2.37. The summed E-state index contributed by atoms with van der Waals surface area (Å²) in [5.74, 6) is 0.860. The predicted octanol–water partition coefficient (Wildman–Crippen LogP) is 1.31. The van der Waals surface area contributed by atoms with Gasteiger partial charge in [-0.25, -0.2) is 0 Å². The van der Waals surface area contributed by atoms with Crippen LogP contribution < -0.4 is 10.6 Å². The minimum absolute atomic E-state index is 0.109. The summed E-state index contributed by atoms with van der Waals surface area (Å²) in [4.78, 5) is 11.4. The van der Waals surface area contributed by atoms with Gasteiger partial charge >= 0.3 is 0 Å². The minimum Gasteiger partial charge on any atom is -0.383 e. The zero-order chi connectivity index (χ0) is 12.5. The smallest absolute Gasteiger partial charge is 0.221 e. The maximum Gasteiger partial charge on any atom is 0.221 e. The van der Waals surface area contributed by atoms with Gasteiger partial charge in [0.25, 0.3) is 0 Å². The molecule has 1 rings (SSSR count). The van der Waals surface area contributed by atoms with Gasteiger partial charge in [0.2, 0.25) is 5.91 Å². The van der Waals surface area contributed by atoms with Crippen molar-refractivity contribution in [2.75, 3.05) is 26.8 Å². The molecular formula is C13H26N2O2. The van der Waals surface area contributed by atoms with Crippen LogP contribution in [0.5, 0.6) is 0 Å². The Bertz CT molecular complexity index is 221. The highest BCUT2D eigenvalue weighted by Gasteiger charge is 2.20. The third-order valence-electron chi connectivity index (χ3n) is 3.50. The molecule has 1 fully saturated rings.